The van der Waals surface area contributed by atoms with Gasteiger partial charge < -0.3 is 10.4 Å². The van der Waals surface area contributed by atoms with Crippen LogP contribution < -0.4 is 5.32 Å². The largest absolute Gasteiger partial charge is 0.481 e. The minimum atomic E-state index is -0.685. The van der Waals surface area contributed by atoms with E-state index in [2.05, 4.69) is 19.2 Å². The van der Waals surface area contributed by atoms with E-state index in [1.165, 1.54) is 19.3 Å². The number of nitrogens with one attached hydrogen (secondary N) is 1. The van der Waals surface area contributed by atoms with Crippen LogP contribution in [0.4, 0.5) is 0 Å². The van der Waals surface area contributed by atoms with E-state index in [9.17, 15) is 4.79 Å². The first-order valence-corrected chi connectivity index (χ1v) is 6.42. The zero-order valence-electron chi connectivity index (χ0n) is 10.6. The van der Waals surface area contributed by atoms with E-state index in [1.54, 1.807) is 0 Å². The first-order valence-electron chi connectivity index (χ1n) is 6.42. The van der Waals surface area contributed by atoms with Crippen LogP contribution in [0.2, 0.25) is 0 Å². The van der Waals surface area contributed by atoms with Crippen LogP contribution in [0.25, 0.3) is 0 Å². The minimum Gasteiger partial charge on any atom is -0.481 e. The molecule has 0 aliphatic heterocycles. The molecule has 0 aromatic carbocycles. The second-order valence-electron chi connectivity index (χ2n) is 5.81. The van der Waals surface area contributed by atoms with Crippen molar-refractivity contribution in [1.29, 1.82) is 0 Å². The Balaban J connectivity index is 2.02. The highest BCUT2D eigenvalue weighted by Gasteiger charge is 2.20. The van der Waals surface area contributed by atoms with Crippen molar-refractivity contribution >= 4 is 5.97 Å². The molecule has 1 saturated carbocycles. The lowest BCUT2D eigenvalue weighted by molar-refractivity contribution is -0.137. The summed E-state index contributed by atoms with van der Waals surface area (Å²) >= 11 is 0. The van der Waals surface area contributed by atoms with Crippen LogP contribution in [0.15, 0.2) is 0 Å². The van der Waals surface area contributed by atoms with Gasteiger partial charge in [-0.15, -0.1) is 0 Å². The Morgan fingerprint density at radius 1 is 1.38 bits per heavy atom. The fourth-order valence-electron chi connectivity index (χ4n) is 2.00. The van der Waals surface area contributed by atoms with E-state index in [-0.39, 0.29) is 11.8 Å². The topological polar surface area (TPSA) is 49.3 Å². The molecule has 1 fully saturated rings. The van der Waals surface area contributed by atoms with Gasteiger partial charge in [-0.2, -0.15) is 0 Å². The molecule has 0 spiro atoms. The maximum absolute atomic E-state index is 10.5. The van der Waals surface area contributed by atoms with Gasteiger partial charge in [-0.05, 0) is 50.1 Å². The second kappa shape index (κ2) is 6.24. The highest BCUT2D eigenvalue weighted by molar-refractivity contribution is 5.66. The maximum Gasteiger partial charge on any atom is 0.303 e. The van der Waals surface area contributed by atoms with Gasteiger partial charge in [-0.25, -0.2) is 0 Å². The fraction of sp³-hybridized carbons (Fsp3) is 0.923. The normalized spacial score (nSPS) is 17.1. The standard InChI is InChI=1S/C13H25NO2/c1-13(2,7-6-12(15)16)8-9-14-10-11-4-3-5-11/h11,14H,3-10H2,1-2H3,(H,15,16). The predicted molar refractivity (Wildman–Crippen MR) is 65.5 cm³/mol. The molecule has 0 bridgehead atoms. The van der Waals surface area contributed by atoms with Gasteiger partial charge in [0.05, 0.1) is 0 Å². The van der Waals surface area contributed by atoms with Crippen molar-refractivity contribution in [3.63, 3.8) is 0 Å². The number of hydrogen-bond donors (Lipinski definition) is 2. The highest BCUT2D eigenvalue weighted by atomic mass is 16.4. The molecular weight excluding hydrogens is 202 g/mol. The molecule has 0 heterocycles. The number of carbonyl (C=O) groups is 1. The molecule has 0 radical (unpaired) electrons. The Hall–Kier alpha value is -0.570. The summed E-state index contributed by atoms with van der Waals surface area (Å²) in [5.41, 5.74) is 0.144. The molecule has 3 nitrogen and oxygen atoms in total. The summed E-state index contributed by atoms with van der Waals surface area (Å²) in [5.74, 6) is 0.220. The molecule has 94 valence electrons. The zero-order chi connectivity index (χ0) is 12.0. The van der Waals surface area contributed by atoms with E-state index in [0.717, 1.165) is 31.8 Å². The quantitative estimate of drug-likeness (QED) is 0.627. The van der Waals surface area contributed by atoms with Gasteiger partial charge in [0.15, 0.2) is 0 Å². The molecule has 16 heavy (non-hydrogen) atoms. The van der Waals surface area contributed by atoms with Crippen molar-refractivity contribution in [2.24, 2.45) is 11.3 Å². The molecule has 0 unspecified atom stereocenters. The van der Waals surface area contributed by atoms with Crippen LogP contribution in [0, 0.1) is 11.3 Å². The number of carboxylic acid groups (broad SMARTS) is 1. The lowest BCUT2D eigenvalue weighted by Crippen LogP contribution is -2.30. The van der Waals surface area contributed by atoms with Gasteiger partial charge in [0, 0.05) is 6.42 Å². The summed E-state index contributed by atoms with van der Waals surface area (Å²) in [5, 5.41) is 12.1. The van der Waals surface area contributed by atoms with Gasteiger partial charge >= 0.3 is 5.97 Å². The summed E-state index contributed by atoms with van der Waals surface area (Å²) in [6, 6.07) is 0. The Labute approximate surface area is 98.6 Å². The van der Waals surface area contributed by atoms with E-state index in [4.69, 9.17) is 5.11 Å². The average Bonchev–Trinajstić information content (AvgIpc) is 2.12. The number of aliphatic carboxylic acids is 1. The molecule has 2 N–H and O–H groups in total. The molecule has 1 aliphatic rings. The summed E-state index contributed by atoms with van der Waals surface area (Å²) in [7, 11) is 0. The first-order chi connectivity index (χ1) is 7.49. The van der Waals surface area contributed by atoms with E-state index in [1.807, 2.05) is 0 Å². The Kier molecular flexibility index (Phi) is 5.26. The maximum atomic E-state index is 10.5. The Morgan fingerprint density at radius 2 is 2.06 bits per heavy atom. The van der Waals surface area contributed by atoms with E-state index in [0.29, 0.717) is 0 Å². The van der Waals surface area contributed by atoms with Crippen molar-refractivity contribution in [3.8, 4) is 0 Å². The van der Waals surface area contributed by atoms with Crippen molar-refractivity contribution < 1.29 is 9.90 Å². The molecule has 0 saturated heterocycles. The molecule has 0 aromatic rings. The third kappa shape index (κ3) is 5.50. The molecule has 0 amide bonds. The van der Waals surface area contributed by atoms with Gasteiger partial charge in [-0.1, -0.05) is 20.3 Å². The Morgan fingerprint density at radius 3 is 2.56 bits per heavy atom. The van der Waals surface area contributed by atoms with E-state index >= 15 is 0 Å². The molecule has 1 aliphatic carbocycles. The van der Waals surface area contributed by atoms with Crippen LogP contribution in [0.1, 0.15) is 52.4 Å². The number of rotatable bonds is 8. The predicted octanol–water partition coefficient (Wildman–Crippen LogP) is 2.66. The first kappa shape index (κ1) is 13.5. The van der Waals surface area contributed by atoms with Gasteiger partial charge in [0.2, 0.25) is 0 Å². The fourth-order valence-corrected chi connectivity index (χ4v) is 2.00. The van der Waals surface area contributed by atoms with Crippen LogP contribution in [-0.2, 0) is 4.79 Å². The van der Waals surface area contributed by atoms with Crippen molar-refractivity contribution in [2.75, 3.05) is 13.1 Å². The summed E-state index contributed by atoms with van der Waals surface area (Å²) in [6.45, 7) is 6.47. The van der Waals surface area contributed by atoms with Crippen LogP contribution in [-0.4, -0.2) is 24.2 Å². The van der Waals surface area contributed by atoms with Gasteiger partial charge in [0.25, 0.3) is 0 Å². The van der Waals surface area contributed by atoms with Crippen LogP contribution >= 0.6 is 0 Å². The van der Waals surface area contributed by atoms with Crippen molar-refractivity contribution in [2.45, 2.75) is 52.4 Å². The molecule has 0 aromatic heterocycles. The second-order valence-corrected chi connectivity index (χ2v) is 5.81. The van der Waals surface area contributed by atoms with Gasteiger partial charge in [0.1, 0.15) is 0 Å². The molecule has 3 heteroatoms. The third-order valence-corrected chi connectivity index (χ3v) is 3.65. The highest BCUT2D eigenvalue weighted by Crippen LogP contribution is 2.27. The minimum absolute atomic E-state index is 0.144. The summed E-state index contributed by atoms with van der Waals surface area (Å²) in [4.78, 5) is 10.5. The Bertz CT molecular complexity index is 222. The van der Waals surface area contributed by atoms with Gasteiger partial charge in [-0.3, -0.25) is 4.79 Å². The molecule has 1 rings (SSSR count). The monoisotopic (exact) mass is 227 g/mol. The van der Waals surface area contributed by atoms with Crippen molar-refractivity contribution in [1.82, 2.24) is 5.32 Å². The zero-order valence-corrected chi connectivity index (χ0v) is 10.6. The van der Waals surface area contributed by atoms with Crippen molar-refractivity contribution in [3.05, 3.63) is 0 Å². The summed E-state index contributed by atoms with van der Waals surface area (Å²) in [6.07, 6.45) is 6.29. The molecule has 0 atom stereocenters. The third-order valence-electron chi connectivity index (χ3n) is 3.65. The number of carboxylic acids is 1. The lowest BCUT2D eigenvalue weighted by atomic mass is 9.83. The molecular formula is C13H25NO2. The smallest absolute Gasteiger partial charge is 0.303 e. The average molecular weight is 227 g/mol. The SMILES string of the molecule is CC(C)(CCNCC1CCC1)CCC(=O)O. The lowest BCUT2D eigenvalue weighted by Gasteiger charge is -2.27. The van der Waals surface area contributed by atoms with E-state index < -0.39 is 5.97 Å². The summed E-state index contributed by atoms with van der Waals surface area (Å²) < 4.78 is 0. The number of hydrogen-bond acceptors (Lipinski definition) is 2. The van der Waals surface area contributed by atoms with Crippen LogP contribution in [0.3, 0.4) is 0 Å². The van der Waals surface area contributed by atoms with Crippen LogP contribution in [0.5, 0.6) is 0 Å².